The number of piperidine rings is 1. The predicted octanol–water partition coefficient (Wildman–Crippen LogP) is 0.469. The van der Waals surface area contributed by atoms with Crippen LogP contribution in [0.1, 0.15) is 19.3 Å². The smallest absolute Gasteiger partial charge is 0.236 e. The fourth-order valence-corrected chi connectivity index (χ4v) is 1.85. The molecule has 0 saturated carbocycles. The lowest BCUT2D eigenvalue weighted by molar-refractivity contribution is -0.134. The van der Waals surface area contributed by atoms with E-state index in [4.69, 9.17) is 5.26 Å². The molecule has 0 bridgehead atoms. The maximum atomic E-state index is 12.2. The number of amides is 1. The van der Waals surface area contributed by atoms with E-state index in [-0.39, 0.29) is 24.7 Å². The minimum Gasteiger partial charge on any atom is -0.393 e. The van der Waals surface area contributed by atoms with Gasteiger partial charge in [-0.3, -0.25) is 9.18 Å². The average molecular weight is 214 g/mol. The highest BCUT2D eigenvalue weighted by molar-refractivity contribution is 5.78. The van der Waals surface area contributed by atoms with Crippen LogP contribution in [0, 0.1) is 17.2 Å². The Morgan fingerprint density at radius 3 is 3.00 bits per heavy atom. The molecule has 5 heteroatoms. The van der Waals surface area contributed by atoms with Gasteiger partial charge in [0.25, 0.3) is 0 Å². The van der Waals surface area contributed by atoms with Crippen molar-refractivity contribution in [2.45, 2.75) is 25.4 Å². The van der Waals surface area contributed by atoms with Crippen LogP contribution >= 0.6 is 0 Å². The first-order valence-electron chi connectivity index (χ1n) is 5.07. The zero-order valence-corrected chi connectivity index (χ0v) is 8.53. The fraction of sp³-hybridized carbons (Fsp3) is 0.800. The van der Waals surface area contributed by atoms with Crippen LogP contribution in [0.15, 0.2) is 0 Å². The number of aliphatic hydroxyl groups is 1. The van der Waals surface area contributed by atoms with Gasteiger partial charge >= 0.3 is 0 Å². The number of likely N-dealkylation sites (tertiary alicyclic amines) is 1. The van der Waals surface area contributed by atoms with Gasteiger partial charge < -0.3 is 10.0 Å². The van der Waals surface area contributed by atoms with Crippen molar-refractivity contribution in [3.8, 4) is 6.07 Å². The van der Waals surface area contributed by atoms with E-state index in [1.807, 2.05) is 0 Å². The Morgan fingerprint density at radius 1 is 1.67 bits per heavy atom. The van der Waals surface area contributed by atoms with E-state index >= 15 is 0 Å². The van der Waals surface area contributed by atoms with E-state index in [2.05, 4.69) is 0 Å². The highest BCUT2D eigenvalue weighted by Gasteiger charge is 2.29. The third-order valence-corrected chi connectivity index (χ3v) is 2.76. The first-order chi connectivity index (χ1) is 7.19. The Hall–Kier alpha value is -1.15. The molecule has 15 heavy (non-hydrogen) atoms. The van der Waals surface area contributed by atoms with E-state index < -0.39 is 12.8 Å². The third kappa shape index (κ3) is 3.17. The summed E-state index contributed by atoms with van der Waals surface area (Å²) in [5.41, 5.74) is 0. The Kier molecular flexibility index (Phi) is 4.50. The first-order valence-corrected chi connectivity index (χ1v) is 5.07. The van der Waals surface area contributed by atoms with Crippen LogP contribution in [0.4, 0.5) is 4.39 Å². The van der Waals surface area contributed by atoms with Crippen LogP contribution in [0.25, 0.3) is 0 Å². The molecular weight excluding hydrogens is 199 g/mol. The lowest BCUT2D eigenvalue weighted by atomic mass is 9.92. The molecule has 1 fully saturated rings. The average Bonchev–Trinajstić information content (AvgIpc) is 2.22. The summed E-state index contributed by atoms with van der Waals surface area (Å²) in [5.74, 6) is -0.417. The molecular formula is C10H15FN2O2. The molecule has 0 spiro atoms. The van der Waals surface area contributed by atoms with Crippen molar-refractivity contribution < 1.29 is 14.3 Å². The van der Waals surface area contributed by atoms with Gasteiger partial charge in [-0.1, -0.05) is 0 Å². The van der Waals surface area contributed by atoms with Gasteiger partial charge in [0.1, 0.15) is 6.42 Å². The molecule has 0 aromatic heterocycles. The normalized spacial score (nSPS) is 26.1. The molecule has 1 saturated heterocycles. The largest absolute Gasteiger partial charge is 0.393 e. The zero-order valence-electron chi connectivity index (χ0n) is 8.53. The van der Waals surface area contributed by atoms with E-state index in [0.29, 0.717) is 19.5 Å². The van der Waals surface area contributed by atoms with Gasteiger partial charge in [0.2, 0.25) is 5.91 Å². The maximum Gasteiger partial charge on any atom is 0.236 e. The monoisotopic (exact) mass is 214 g/mol. The minimum atomic E-state index is -0.521. The number of halogens is 1. The Morgan fingerprint density at radius 2 is 2.40 bits per heavy atom. The molecule has 0 radical (unpaired) electrons. The summed E-state index contributed by atoms with van der Waals surface area (Å²) >= 11 is 0. The van der Waals surface area contributed by atoms with Gasteiger partial charge in [-0.25, -0.2) is 0 Å². The zero-order chi connectivity index (χ0) is 11.3. The van der Waals surface area contributed by atoms with Crippen LogP contribution in [0.2, 0.25) is 0 Å². The number of alkyl halides is 1. The topological polar surface area (TPSA) is 64.3 Å². The second-order valence-corrected chi connectivity index (χ2v) is 3.77. The summed E-state index contributed by atoms with van der Waals surface area (Å²) in [6.07, 6.45) is 0.0875. The Balaban J connectivity index is 2.50. The van der Waals surface area contributed by atoms with Crippen LogP contribution < -0.4 is 0 Å². The third-order valence-electron chi connectivity index (χ3n) is 2.76. The summed E-state index contributed by atoms with van der Waals surface area (Å²) in [7, 11) is 0. The highest BCUT2D eigenvalue weighted by atomic mass is 19.1. The summed E-state index contributed by atoms with van der Waals surface area (Å²) in [5, 5.41) is 17.9. The molecule has 84 valence electrons. The van der Waals surface area contributed by atoms with Crippen LogP contribution in [-0.2, 0) is 4.79 Å². The maximum absolute atomic E-state index is 12.2. The summed E-state index contributed by atoms with van der Waals surface area (Å²) < 4.78 is 12.2. The highest BCUT2D eigenvalue weighted by Crippen LogP contribution is 2.20. The number of carbonyl (C=O) groups is 1. The van der Waals surface area contributed by atoms with Crippen molar-refractivity contribution in [3.05, 3.63) is 0 Å². The summed E-state index contributed by atoms with van der Waals surface area (Å²) in [4.78, 5) is 12.9. The molecule has 4 nitrogen and oxygen atoms in total. The molecule has 2 atom stereocenters. The van der Waals surface area contributed by atoms with Crippen molar-refractivity contribution in [2.75, 3.05) is 19.8 Å². The van der Waals surface area contributed by atoms with Crippen LogP contribution in [-0.4, -0.2) is 41.8 Å². The molecule has 1 heterocycles. The molecule has 1 aliphatic rings. The number of nitriles is 1. The summed E-state index contributed by atoms with van der Waals surface area (Å²) in [6, 6.07) is 1.80. The molecule has 0 aliphatic carbocycles. The van der Waals surface area contributed by atoms with Crippen molar-refractivity contribution in [3.63, 3.8) is 0 Å². The molecule has 1 amide bonds. The van der Waals surface area contributed by atoms with E-state index in [1.165, 1.54) is 4.90 Å². The van der Waals surface area contributed by atoms with Gasteiger partial charge in [-0.05, 0) is 12.8 Å². The number of carbonyl (C=O) groups excluding carboxylic acids is 1. The number of hydrogen-bond donors (Lipinski definition) is 1. The van der Waals surface area contributed by atoms with Crippen molar-refractivity contribution >= 4 is 5.91 Å². The van der Waals surface area contributed by atoms with E-state index in [0.717, 1.165) is 0 Å². The lowest BCUT2D eigenvalue weighted by Gasteiger charge is -2.35. The van der Waals surface area contributed by atoms with Gasteiger partial charge in [0, 0.05) is 19.0 Å². The standard InChI is InChI=1S/C10H15FN2O2/c11-4-1-8-7-13(6-3-9(8)14)10(15)2-5-12/h8-9,14H,1-4,6-7H2/t8-,9-/m0/s1. The van der Waals surface area contributed by atoms with E-state index in [9.17, 15) is 14.3 Å². The van der Waals surface area contributed by atoms with Gasteiger partial charge in [0.15, 0.2) is 0 Å². The first kappa shape index (κ1) is 11.9. The molecule has 0 unspecified atom stereocenters. The number of nitrogens with zero attached hydrogens (tertiary/aromatic N) is 2. The SMILES string of the molecule is N#CCC(=O)N1CC[C@H](O)[C@@H](CCF)C1. The Labute approximate surface area is 88.3 Å². The minimum absolute atomic E-state index is 0.140. The molecule has 1 N–H and O–H groups in total. The van der Waals surface area contributed by atoms with E-state index in [1.54, 1.807) is 6.07 Å². The number of hydrogen-bond acceptors (Lipinski definition) is 3. The predicted molar refractivity (Wildman–Crippen MR) is 51.5 cm³/mol. The molecule has 0 aromatic rings. The van der Waals surface area contributed by atoms with Crippen LogP contribution in [0.3, 0.4) is 0 Å². The van der Waals surface area contributed by atoms with Gasteiger partial charge in [-0.2, -0.15) is 5.26 Å². The van der Waals surface area contributed by atoms with Crippen molar-refractivity contribution in [2.24, 2.45) is 5.92 Å². The Bertz CT molecular complexity index is 265. The second kappa shape index (κ2) is 5.66. The fourth-order valence-electron chi connectivity index (χ4n) is 1.85. The van der Waals surface area contributed by atoms with Crippen molar-refractivity contribution in [1.82, 2.24) is 4.90 Å². The molecule has 0 aromatic carbocycles. The number of aliphatic hydroxyl groups excluding tert-OH is 1. The number of rotatable bonds is 3. The van der Waals surface area contributed by atoms with Gasteiger partial charge in [0.05, 0.1) is 18.8 Å². The van der Waals surface area contributed by atoms with Crippen LogP contribution in [0.5, 0.6) is 0 Å². The quantitative estimate of drug-likeness (QED) is 0.742. The summed E-state index contributed by atoms with van der Waals surface area (Å²) in [6.45, 7) is 0.345. The lowest BCUT2D eigenvalue weighted by Crippen LogP contribution is -2.46. The van der Waals surface area contributed by atoms with Gasteiger partial charge in [-0.15, -0.1) is 0 Å². The second-order valence-electron chi connectivity index (χ2n) is 3.77. The van der Waals surface area contributed by atoms with Crippen molar-refractivity contribution in [1.29, 1.82) is 5.26 Å². The molecule has 1 rings (SSSR count). The molecule has 1 aliphatic heterocycles.